The number of hydrogen-bond acceptors (Lipinski definition) is 4. The van der Waals surface area contributed by atoms with Crippen molar-refractivity contribution in [1.29, 1.82) is 0 Å². The number of pyridine rings is 1. The van der Waals surface area contributed by atoms with Crippen molar-refractivity contribution in [2.24, 2.45) is 0 Å². The van der Waals surface area contributed by atoms with Crippen LogP contribution in [0.2, 0.25) is 0 Å². The van der Waals surface area contributed by atoms with Crippen LogP contribution in [0.15, 0.2) is 71.7 Å². The molecule has 2 heterocycles. The topological polar surface area (TPSA) is 70.7 Å². The van der Waals surface area contributed by atoms with E-state index in [1.807, 2.05) is 12.1 Å². The zero-order chi connectivity index (χ0) is 18.6. The van der Waals surface area contributed by atoms with Crippen LogP contribution in [-0.2, 0) is 13.0 Å². The Morgan fingerprint density at radius 3 is 2.26 bits per heavy atom. The van der Waals surface area contributed by atoms with Crippen LogP contribution in [0.1, 0.15) is 18.1 Å². The number of aromatic amines is 1. The number of nitrogens with zero attached hydrogens (tertiary/aromatic N) is 2. The number of aromatic nitrogens is 3. The van der Waals surface area contributed by atoms with Gasteiger partial charge in [-0.25, -0.2) is 9.78 Å². The molecule has 0 saturated carbocycles. The lowest BCUT2D eigenvalue weighted by molar-refractivity contribution is 1.05. The van der Waals surface area contributed by atoms with Gasteiger partial charge in [0.25, 0.3) is 0 Å². The standard InChI is InChI=1S/C22H20N4O/c1-2-15-5-9-17(10-6-15)18-11-7-16(8-12-18)14-24-21-19-4-3-13-23-20(19)25-22(27)26-21/h3-13H,2,14H2,1H3,(H2,23,24,25,26,27). The van der Waals surface area contributed by atoms with Crippen molar-refractivity contribution in [3.63, 3.8) is 0 Å². The minimum absolute atomic E-state index is 0.408. The summed E-state index contributed by atoms with van der Waals surface area (Å²) in [6, 6.07) is 20.8. The van der Waals surface area contributed by atoms with Crippen LogP contribution in [0, 0.1) is 0 Å². The molecule has 5 heteroatoms. The SMILES string of the molecule is CCc1ccc(-c2ccc(CNc3nc(=O)[nH]c4ncccc34)cc2)cc1. The molecule has 0 aliphatic rings. The third kappa shape index (κ3) is 3.72. The number of rotatable bonds is 5. The molecule has 0 radical (unpaired) electrons. The Kier molecular flexibility index (Phi) is 4.66. The van der Waals surface area contributed by atoms with E-state index in [2.05, 4.69) is 75.7 Å². The van der Waals surface area contributed by atoms with E-state index < -0.39 is 5.69 Å². The van der Waals surface area contributed by atoms with Gasteiger partial charge in [-0.3, -0.25) is 4.98 Å². The Labute approximate surface area is 157 Å². The molecule has 0 aliphatic heterocycles. The van der Waals surface area contributed by atoms with Gasteiger partial charge in [0.05, 0.1) is 5.39 Å². The Bertz CT molecular complexity index is 1120. The summed E-state index contributed by atoms with van der Waals surface area (Å²) in [6.07, 6.45) is 2.69. The molecule has 0 fully saturated rings. The second-order valence-corrected chi connectivity index (χ2v) is 6.39. The number of H-pyrrole nitrogens is 1. The second kappa shape index (κ2) is 7.41. The van der Waals surface area contributed by atoms with Crippen molar-refractivity contribution < 1.29 is 0 Å². The molecule has 5 nitrogen and oxygen atoms in total. The van der Waals surface area contributed by atoms with Crippen LogP contribution in [0.25, 0.3) is 22.2 Å². The van der Waals surface area contributed by atoms with Gasteiger partial charge in [0.1, 0.15) is 11.5 Å². The van der Waals surface area contributed by atoms with Gasteiger partial charge in [-0.15, -0.1) is 0 Å². The maximum atomic E-state index is 11.7. The number of aryl methyl sites for hydroxylation is 1. The molecular formula is C22H20N4O. The number of benzene rings is 2. The molecule has 134 valence electrons. The maximum Gasteiger partial charge on any atom is 0.348 e. The van der Waals surface area contributed by atoms with Crippen LogP contribution in [0.4, 0.5) is 5.82 Å². The van der Waals surface area contributed by atoms with Gasteiger partial charge in [-0.1, -0.05) is 55.5 Å². The van der Waals surface area contributed by atoms with Crippen molar-refractivity contribution in [3.8, 4) is 11.1 Å². The summed E-state index contributed by atoms with van der Waals surface area (Å²) < 4.78 is 0. The largest absolute Gasteiger partial charge is 0.365 e. The summed E-state index contributed by atoms with van der Waals surface area (Å²) in [7, 11) is 0. The zero-order valence-electron chi connectivity index (χ0n) is 15.1. The number of hydrogen-bond donors (Lipinski definition) is 2. The quantitative estimate of drug-likeness (QED) is 0.563. The molecule has 0 spiro atoms. The Morgan fingerprint density at radius 1 is 0.926 bits per heavy atom. The fraction of sp³-hybridized carbons (Fsp3) is 0.136. The highest BCUT2D eigenvalue weighted by Crippen LogP contribution is 2.21. The number of nitrogens with one attached hydrogen (secondary N) is 2. The lowest BCUT2D eigenvalue weighted by Crippen LogP contribution is -2.14. The molecule has 4 rings (SSSR count). The average molecular weight is 356 g/mol. The average Bonchev–Trinajstić information content (AvgIpc) is 2.72. The smallest absolute Gasteiger partial charge is 0.348 e. The van der Waals surface area contributed by atoms with E-state index >= 15 is 0 Å². The van der Waals surface area contributed by atoms with Gasteiger partial charge in [0, 0.05) is 12.7 Å². The van der Waals surface area contributed by atoms with Crippen LogP contribution < -0.4 is 11.0 Å². The lowest BCUT2D eigenvalue weighted by Gasteiger charge is -2.09. The molecular weight excluding hydrogens is 336 g/mol. The van der Waals surface area contributed by atoms with Crippen LogP contribution >= 0.6 is 0 Å². The van der Waals surface area contributed by atoms with Crippen LogP contribution in [-0.4, -0.2) is 15.0 Å². The fourth-order valence-corrected chi connectivity index (χ4v) is 3.06. The van der Waals surface area contributed by atoms with Crippen molar-refractivity contribution in [2.45, 2.75) is 19.9 Å². The van der Waals surface area contributed by atoms with Gasteiger partial charge >= 0.3 is 5.69 Å². The number of fused-ring (bicyclic) bond motifs is 1. The summed E-state index contributed by atoms with van der Waals surface area (Å²) in [6.45, 7) is 2.74. The Hall–Kier alpha value is -3.47. The summed E-state index contributed by atoms with van der Waals surface area (Å²) in [5.74, 6) is 0.543. The Balaban J connectivity index is 1.51. The molecule has 0 atom stereocenters. The van der Waals surface area contributed by atoms with Crippen molar-refractivity contribution in [3.05, 3.63) is 88.5 Å². The summed E-state index contributed by atoms with van der Waals surface area (Å²) in [4.78, 5) is 22.6. The van der Waals surface area contributed by atoms with E-state index in [4.69, 9.17) is 0 Å². The highest BCUT2D eigenvalue weighted by Gasteiger charge is 2.05. The van der Waals surface area contributed by atoms with E-state index in [0.717, 1.165) is 17.4 Å². The monoisotopic (exact) mass is 356 g/mol. The molecule has 2 aromatic carbocycles. The van der Waals surface area contributed by atoms with E-state index in [-0.39, 0.29) is 0 Å². The van der Waals surface area contributed by atoms with Crippen molar-refractivity contribution in [2.75, 3.05) is 5.32 Å². The highest BCUT2D eigenvalue weighted by molar-refractivity contribution is 5.85. The molecule has 27 heavy (non-hydrogen) atoms. The minimum atomic E-state index is -0.408. The van der Waals surface area contributed by atoms with E-state index in [0.29, 0.717) is 18.0 Å². The van der Waals surface area contributed by atoms with Crippen molar-refractivity contribution >= 4 is 16.9 Å². The zero-order valence-corrected chi connectivity index (χ0v) is 15.1. The molecule has 0 saturated heterocycles. The molecule has 2 aromatic heterocycles. The van der Waals surface area contributed by atoms with Crippen molar-refractivity contribution in [1.82, 2.24) is 15.0 Å². The molecule has 0 amide bonds. The first-order valence-electron chi connectivity index (χ1n) is 9.00. The van der Waals surface area contributed by atoms with Crippen LogP contribution in [0.5, 0.6) is 0 Å². The summed E-state index contributed by atoms with van der Waals surface area (Å²) in [5, 5.41) is 4.04. The highest BCUT2D eigenvalue weighted by atomic mass is 16.1. The summed E-state index contributed by atoms with van der Waals surface area (Å²) in [5.41, 5.74) is 4.97. The molecule has 4 aromatic rings. The fourth-order valence-electron chi connectivity index (χ4n) is 3.06. The minimum Gasteiger partial charge on any atom is -0.365 e. The Morgan fingerprint density at radius 2 is 1.59 bits per heavy atom. The van der Waals surface area contributed by atoms with Gasteiger partial charge in [0.2, 0.25) is 0 Å². The molecule has 0 unspecified atom stereocenters. The lowest BCUT2D eigenvalue weighted by atomic mass is 10.0. The third-order valence-corrected chi connectivity index (χ3v) is 4.61. The molecule has 0 aliphatic carbocycles. The molecule has 2 N–H and O–H groups in total. The van der Waals surface area contributed by atoms with E-state index in [1.165, 1.54) is 16.7 Å². The number of anilines is 1. The first-order valence-corrected chi connectivity index (χ1v) is 9.00. The van der Waals surface area contributed by atoms with E-state index in [9.17, 15) is 4.79 Å². The normalized spacial score (nSPS) is 10.9. The molecule has 0 bridgehead atoms. The van der Waals surface area contributed by atoms with E-state index in [1.54, 1.807) is 6.20 Å². The van der Waals surface area contributed by atoms with Gasteiger partial charge < -0.3 is 5.32 Å². The first kappa shape index (κ1) is 17.0. The third-order valence-electron chi connectivity index (χ3n) is 4.61. The predicted octanol–water partition coefficient (Wildman–Crippen LogP) is 4.16. The van der Waals surface area contributed by atoms with Gasteiger partial charge in [-0.05, 0) is 40.8 Å². The maximum absolute atomic E-state index is 11.7. The predicted molar refractivity (Wildman–Crippen MR) is 109 cm³/mol. The van der Waals surface area contributed by atoms with Gasteiger partial charge in [-0.2, -0.15) is 4.98 Å². The first-order chi connectivity index (χ1) is 13.2. The summed E-state index contributed by atoms with van der Waals surface area (Å²) >= 11 is 0. The van der Waals surface area contributed by atoms with Crippen LogP contribution in [0.3, 0.4) is 0 Å². The van der Waals surface area contributed by atoms with Gasteiger partial charge in [0.15, 0.2) is 0 Å². The second-order valence-electron chi connectivity index (χ2n) is 6.39.